The Morgan fingerprint density at radius 2 is 1.83 bits per heavy atom. The second-order valence-corrected chi connectivity index (χ2v) is 8.90. The van der Waals surface area contributed by atoms with Crippen molar-refractivity contribution >= 4 is 11.8 Å². The smallest absolute Gasteiger partial charge is 0.302 e. The quantitative estimate of drug-likeness (QED) is 0.682. The minimum atomic E-state index is -0.125. The molecule has 128 valence electrons. The number of ether oxygens (including phenoxy) is 1. The van der Waals surface area contributed by atoms with Crippen LogP contribution < -0.4 is 0 Å². The van der Waals surface area contributed by atoms with Crippen LogP contribution in [0.2, 0.25) is 0 Å². The summed E-state index contributed by atoms with van der Waals surface area (Å²) in [5, 5.41) is 0. The second kappa shape index (κ2) is 5.60. The van der Waals surface area contributed by atoms with Gasteiger partial charge in [0.1, 0.15) is 11.9 Å². The lowest BCUT2D eigenvalue weighted by Crippen LogP contribution is -2.49. The van der Waals surface area contributed by atoms with Crippen LogP contribution in [-0.2, 0) is 14.3 Å². The summed E-state index contributed by atoms with van der Waals surface area (Å²) in [5.41, 5.74) is 0.00292. The number of carbonyl (C=O) groups excluding carboxylic acids is 2. The molecule has 3 nitrogen and oxygen atoms in total. The van der Waals surface area contributed by atoms with Gasteiger partial charge in [0.05, 0.1) is 0 Å². The molecule has 0 N–H and O–H groups in total. The fourth-order valence-corrected chi connectivity index (χ4v) is 6.92. The number of ketones is 1. The summed E-state index contributed by atoms with van der Waals surface area (Å²) in [7, 11) is 0. The van der Waals surface area contributed by atoms with E-state index in [9.17, 15) is 9.59 Å². The molecule has 6 unspecified atom stereocenters. The first-order valence-electron chi connectivity index (χ1n) is 9.69. The van der Waals surface area contributed by atoms with Crippen LogP contribution in [-0.4, -0.2) is 17.9 Å². The fraction of sp³-hybridized carbons (Fsp3) is 0.900. The van der Waals surface area contributed by atoms with Crippen molar-refractivity contribution in [3.63, 3.8) is 0 Å². The van der Waals surface area contributed by atoms with Crippen LogP contribution in [0.1, 0.15) is 71.6 Å². The van der Waals surface area contributed by atoms with Crippen molar-refractivity contribution in [3.05, 3.63) is 0 Å². The highest BCUT2D eigenvalue weighted by molar-refractivity contribution is 5.87. The summed E-state index contributed by atoms with van der Waals surface area (Å²) in [6.45, 7) is 3.79. The molecule has 0 heterocycles. The van der Waals surface area contributed by atoms with Gasteiger partial charge in [-0.05, 0) is 81.0 Å². The molecule has 0 aromatic rings. The number of hydrogen-bond acceptors (Lipinski definition) is 3. The maximum absolute atomic E-state index is 12.4. The van der Waals surface area contributed by atoms with Crippen molar-refractivity contribution in [2.75, 3.05) is 0 Å². The lowest BCUT2D eigenvalue weighted by Gasteiger charge is -2.54. The first kappa shape index (κ1) is 15.7. The lowest BCUT2D eigenvalue weighted by atomic mass is 9.50. The van der Waals surface area contributed by atoms with E-state index >= 15 is 0 Å². The lowest BCUT2D eigenvalue weighted by molar-refractivity contribution is -0.152. The Morgan fingerprint density at radius 1 is 1.04 bits per heavy atom. The van der Waals surface area contributed by atoms with Crippen molar-refractivity contribution in [2.45, 2.75) is 77.7 Å². The maximum atomic E-state index is 12.4. The predicted octanol–water partition coefficient (Wildman–Crippen LogP) is 4.14. The Balaban J connectivity index is 1.48. The summed E-state index contributed by atoms with van der Waals surface area (Å²) >= 11 is 0. The average molecular weight is 318 g/mol. The molecular formula is C20H30O3. The molecule has 0 bridgehead atoms. The van der Waals surface area contributed by atoms with Gasteiger partial charge in [0.2, 0.25) is 0 Å². The van der Waals surface area contributed by atoms with Crippen molar-refractivity contribution in [1.82, 2.24) is 0 Å². The minimum Gasteiger partial charge on any atom is -0.463 e. The van der Waals surface area contributed by atoms with Gasteiger partial charge in [0.15, 0.2) is 0 Å². The molecule has 4 rings (SSSR count). The molecule has 4 saturated carbocycles. The third kappa shape index (κ3) is 2.46. The number of rotatable bonds is 1. The predicted molar refractivity (Wildman–Crippen MR) is 87.7 cm³/mol. The third-order valence-electron chi connectivity index (χ3n) is 7.95. The van der Waals surface area contributed by atoms with Crippen LogP contribution in [0.15, 0.2) is 0 Å². The Kier molecular flexibility index (Phi) is 3.81. The Morgan fingerprint density at radius 3 is 2.61 bits per heavy atom. The van der Waals surface area contributed by atoms with Gasteiger partial charge in [-0.15, -0.1) is 0 Å². The van der Waals surface area contributed by atoms with Gasteiger partial charge in [-0.25, -0.2) is 0 Å². The van der Waals surface area contributed by atoms with Gasteiger partial charge in [-0.2, -0.15) is 0 Å². The topological polar surface area (TPSA) is 43.4 Å². The van der Waals surface area contributed by atoms with Gasteiger partial charge in [-0.1, -0.05) is 6.92 Å². The number of esters is 1. The summed E-state index contributed by atoms with van der Waals surface area (Å²) < 4.78 is 5.49. The van der Waals surface area contributed by atoms with Crippen LogP contribution in [0, 0.1) is 35.0 Å². The number of fused-ring (bicyclic) bond motifs is 5. The van der Waals surface area contributed by atoms with E-state index in [1.54, 1.807) is 0 Å². The Bertz CT molecular complexity index is 513. The van der Waals surface area contributed by atoms with Crippen LogP contribution in [0.3, 0.4) is 0 Å². The molecule has 4 aliphatic carbocycles. The normalized spacial score (nSPS) is 49.0. The zero-order valence-electron chi connectivity index (χ0n) is 14.6. The first-order valence-corrected chi connectivity index (χ1v) is 9.69. The molecule has 0 aliphatic heterocycles. The van der Waals surface area contributed by atoms with Crippen molar-refractivity contribution in [1.29, 1.82) is 0 Å². The van der Waals surface area contributed by atoms with Crippen molar-refractivity contribution in [2.24, 2.45) is 35.0 Å². The molecule has 0 aromatic heterocycles. The highest BCUT2D eigenvalue weighted by Gasteiger charge is 2.56. The van der Waals surface area contributed by atoms with E-state index in [0.29, 0.717) is 11.7 Å². The highest BCUT2D eigenvalue weighted by atomic mass is 16.5. The highest BCUT2D eigenvalue weighted by Crippen LogP contribution is 2.61. The van der Waals surface area contributed by atoms with Crippen LogP contribution >= 0.6 is 0 Å². The summed E-state index contributed by atoms with van der Waals surface area (Å²) in [6.07, 6.45) is 10.4. The van der Waals surface area contributed by atoms with E-state index in [-0.39, 0.29) is 17.5 Å². The van der Waals surface area contributed by atoms with Gasteiger partial charge in [-0.3, -0.25) is 9.59 Å². The minimum absolute atomic E-state index is 0.00292. The zero-order chi connectivity index (χ0) is 16.2. The third-order valence-corrected chi connectivity index (χ3v) is 7.95. The molecule has 0 spiro atoms. The van der Waals surface area contributed by atoms with Gasteiger partial charge in [0.25, 0.3) is 0 Å². The van der Waals surface area contributed by atoms with Crippen molar-refractivity contribution in [3.8, 4) is 0 Å². The summed E-state index contributed by atoms with van der Waals surface area (Å²) in [6, 6.07) is 0. The van der Waals surface area contributed by atoms with E-state index in [1.807, 2.05) is 0 Å². The van der Waals surface area contributed by atoms with E-state index in [1.165, 1.54) is 32.6 Å². The fourth-order valence-electron chi connectivity index (χ4n) is 6.92. The number of carbonyl (C=O) groups is 2. The summed E-state index contributed by atoms with van der Waals surface area (Å²) in [4.78, 5) is 23.6. The molecule has 4 aliphatic rings. The first-order chi connectivity index (χ1) is 11.0. The molecule has 3 heteroatoms. The largest absolute Gasteiger partial charge is 0.463 e. The van der Waals surface area contributed by atoms with Gasteiger partial charge >= 0.3 is 5.97 Å². The van der Waals surface area contributed by atoms with Crippen LogP contribution in [0.5, 0.6) is 0 Å². The van der Waals surface area contributed by atoms with Crippen LogP contribution in [0.25, 0.3) is 0 Å². The molecule has 4 fully saturated rings. The molecular weight excluding hydrogens is 288 g/mol. The zero-order valence-corrected chi connectivity index (χ0v) is 14.6. The molecule has 0 radical (unpaired) electrons. The second-order valence-electron chi connectivity index (χ2n) is 8.90. The number of Topliss-reactive ketones (excluding diaryl/α,β-unsaturated/α-hetero) is 1. The maximum Gasteiger partial charge on any atom is 0.302 e. The van der Waals surface area contributed by atoms with E-state index < -0.39 is 0 Å². The average Bonchev–Trinajstić information content (AvgIpc) is 2.82. The van der Waals surface area contributed by atoms with E-state index in [0.717, 1.165) is 55.8 Å². The van der Waals surface area contributed by atoms with Crippen molar-refractivity contribution < 1.29 is 14.3 Å². The Hall–Kier alpha value is -0.860. The molecule has 0 amide bonds. The Labute approximate surface area is 139 Å². The molecule has 7 atom stereocenters. The van der Waals surface area contributed by atoms with E-state index in [2.05, 4.69) is 6.92 Å². The number of hydrogen-bond donors (Lipinski definition) is 0. The van der Waals surface area contributed by atoms with Crippen LogP contribution in [0.4, 0.5) is 0 Å². The summed E-state index contributed by atoms with van der Waals surface area (Å²) in [5.74, 6) is 4.25. The molecule has 0 aromatic carbocycles. The monoisotopic (exact) mass is 318 g/mol. The molecule has 0 saturated heterocycles. The van der Waals surface area contributed by atoms with Gasteiger partial charge < -0.3 is 4.74 Å². The van der Waals surface area contributed by atoms with Gasteiger partial charge in [0, 0.05) is 18.8 Å². The standard InChI is InChI=1S/C20H30O3/c1-12(21)23-14-4-6-15-13(11-14)3-5-17-16(15)9-10-20(2)18(17)7-8-19(20)22/h13-18H,3-11H2,1-2H3/t13?,14?,15?,16?,17?,18?,20-/m0/s1. The SMILES string of the molecule is CC(=O)OC1CCC2C(CCC3C2CC[C@]2(C)C(=O)CCC32)C1. The van der Waals surface area contributed by atoms with E-state index in [4.69, 9.17) is 4.74 Å². The molecule has 23 heavy (non-hydrogen) atoms.